The van der Waals surface area contributed by atoms with Crippen molar-refractivity contribution < 1.29 is 13.2 Å². The van der Waals surface area contributed by atoms with Crippen molar-refractivity contribution in [3.05, 3.63) is 41.2 Å². The SMILES string of the molecule is CC1(N)CCN(c2cnc(Sc3cccc(C(=O)NS(C)(=O)=O)c3Cl)cn2)CC1. The first-order chi connectivity index (χ1) is 13.5. The Balaban J connectivity index is 1.72. The van der Waals surface area contributed by atoms with E-state index in [0.717, 1.165) is 38.0 Å². The molecule has 0 saturated carbocycles. The predicted octanol–water partition coefficient (Wildman–Crippen LogP) is 2.29. The summed E-state index contributed by atoms with van der Waals surface area (Å²) in [5.41, 5.74) is 6.11. The van der Waals surface area contributed by atoms with Gasteiger partial charge in [-0.2, -0.15) is 0 Å². The maximum absolute atomic E-state index is 12.1. The molecule has 0 radical (unpaired) electrons. The van der Waals surface area contributed by atoms with Gasteiger partial charge in [0, 0.05) is 23.5 Å². The third-order valence-corrected chi connectivity index (χ3v) is 6.60. The Kier molecular flexibility index (Phi) is 6.37. The number of amides is 1. The molecule has 3 N–H and O–H groups in total. The van der Waals surface area contributed by atoms with E-state index in [1.54, 1.807) is 24.5 Å². The van der Waals surface area contributed by atoms with Gasteiger partial charge in [0.25, 0.3) is 5.91 Å². The van der Waals surface area contributed by atoms with Crippen LogP contribution in [0.25, 0.3) is 0 Å². The minimum atomic E-state index is -3.68. The molecule has 0 atom stereocenters. The number of nitrogens with two attached hydrogens (primary N) is 1. The summed E-state index contributed by atoms with van der Waals surface area (Å²) in [7, 11) is -3.68. The van der Waals surface area contributed by atoms with Gasteiger partial charge < -0.3 is 10.6 Å². The summed E-state index contributed by atoms with van der Waals surface area (Å²) in [6.45, 7) is 3.72. The third kappa shape index (κ3) is 5.81. The number of rotatable bonds is 5. The van der Waals surface area contributed by atoms with Gasteiger partial charge in [-0.3, -0.25) is 4.79 Å². The second-order valence-corrected chi connectivity index (χ2v) is 10.5. The Morgan fingerprint density at radius 3 is 2.55 bits per heavy atom. The van der Waals surface area contributed by atoms with Crippen LogP contribution in [0.2, 0.25) is 5.02 Å². The summed E-state index contributed by atoms with van der Waals surface area (Å²) in [4.78, 5) is 23.8. The van der Waals surface area contributed by atoms with Crippen molar-refractivity contribution in [3.63, 3.8) is 0 Å². The second kappa shape index (κ2) is 8.47. The average Bonchev–Trinajstić information content (AvgIpc) is 2.63. The van der Waals surface area contributed by atoms with E-state index >= 15 is 0 Å². The van der Waals surface area contributed by atoms with E-state index in [9.17, 15) is 13.2 Å². The molecule has 1 aliphatic rings. The van der Waals surface area contributed by atoms with E-state index < -0.39 is 15.9 Å². The highest BCUT2D eigenvalue weighted by Gasteiger charge is 2.26. The van der Waals surface area contributed by atoms with E-state index in [2.05, 4.69) is 21.8 Å². The largest absolute Gasteiger partial charge is 0.355 e. The molecule has 2 heterocycles. The first kappa shape index (κ1) is 21.8. The maximum Gasteiger partial charge on any atom is 0.266 e. The first-order valence-electron chi connectivity index (χ1n) is 8.88. The molecule has 0 aliphatic carbocycles. The summed E-state index contributed by atoms with van der Waals surface area (Å²) in [6, 6.07) is 4.82. The molecule has 0 unspecified atom stereocenters. The summed E-state index contributed by atoms with van der Waals surface area (Å²) in [5.74, 6) is 0.00983. The lowest BCUT2D eigenvalue weighted by atomic mass is 9.91. The molecular formula is C18H22ClN5O3S2. The third-order valence-electron chi connectivity index (χ3n) is 4.54. The highest BCUT2D eigenvalue weighted by atomic mass is 35.5. The van der Waals surface area contributed by atoms with E-state index in [1.165, 1.54) is 17.8 Å². The van der Waals surface area contributed by atoms with Crippen LogP contribution < -0.4 is 15.4 Å². The van der Waals surface area contributed by atoms with Crippen molar-refractivity contribution in [2.24, 2.45) is 5.73 Å². The van der Waals surface area contributed by atoms with Gasteiger partial charge in [-0.15, -0.1) is 0 Å². The fourth-order valence-electron chi connectivity index (χ4n) is 2.87. The van der Waals surface area contributed by atoms with Crippen LogP contribution in [-0.2, 0) is 10.0 Å². The van der Waals surface area contributed by atoms with E-state index in [1.807, 2.05) is 4.72 Å². The van der Waals surface area contributed by atoms with Crippen LogP contribution in [0.15, 0.2) is 40.5 Å². The van der Waals surface area contributed by atoms with Gasteiger partial charge in [-0.25, -0.2) is 23.1 Å². The Morgan fingerprint density at radius 1 is 1.28 bits per heavy atom. The number of benzene rings is 1. The molecule has 8 nitrogen and oxygen atoms in total. The first-order valence-corrected chi connectivity index (χ1v) is 12.0. The quantitative estimate of drug-likeness (QED) is 0.704. The normalized spacial score (nSPS) is 16.5. The summed E-state index contributed by atoms with van der Waals surface area (Å²) < 4.78 is 24.5. The van der Waals surface area contributed by atoms with E-state index in [-0.39, 0.29) is 16.1 Å². The van der Waals surface area contributed by atoms with Gasteiger partial charge in [0.1, 0.15) is 10.8 Å². The van der Waals surface area contributed by atoms with Gasteiger partial charge >= 0.3 is 0 Å². The number of piperidine rings is 1. The van der Waals surface area contributed by atoms with Crippen LogP contribution in [0.1, 0.15) is 30.1 Å². The maximum atomic E-state index is 12.1. The minimum absolute atomic E-state index is 0.0739. The number of hydrogen-bond donors (Lipinski definition) is 2. The number of sulfonamides is 1. The number of aromatic nitrogens is 2. The van der Waals surface area contributed by atoms with E-state index in [0.29, 0.717) is 9.92 Å². The summed E-state index contributed by atoms with van der Waals surface area (Å²) in [6.07, 6.45) is 6.04. The second-order valence-electron chi connectivity index (χ2n) is 7.28. The standard InChI is InChI=1S/C18H22ClN5O3S2/c1-18(20)6-8-24(9-7-18)14-10-22-15(11-21-14)28-13-5-3-4-12(16(13)19)17(25)23-29(2,26)27/h3-5,10-11H,6-9,20H2,1-2H3,(H,23,25). The monoisotopic (exact) mass is 455 g/mol. The molecule has 1 aliphatic heterocycles. The lowest BCUT2D eigenvalue weighted by molar-refractivity contribution is 0.0981. The van der Waals surface area contributed by atoms with Gasteiger partial charge in [-0.1, -0.05) is 29.4 Å². The Morgan fingerprint density at radius 2 is 1.97 bits per heavy atom. The van der Waals surface area contributed by atoms with Gasteiger partial charge in [0.15, 0.2) is 0 Å². The van der Waals surface area contributed by atoms with Crippen LogP contribution in [0.3, 0.4) is 0 Å². The molecule has 2 aromatic rings. The van der Waals surface area contributed by atoms with Crippen LogP contribution in [0.4, 0.5) is 5.82 Å². The fraction of sp³-hybridized carbons (Fsp3) is 0.389. The smallest absolute Gasteiger partial charge is 0.266 e. The molecule has 156 valence electrons. The van der Waals surface area contributed by atoms with Crippen molar-refractivity contribution >= 4 is 45.1 Å². The predicted molar refractivity (Wildman–Crippen MR) is 114 cm³/mol. The molecule has 1 fully saturated rings. The van der Waals surface area contributed by atoms with Crippen LogP contribution in [0.5, 0.6) is 0 Å². The number of nitrogens with one attached hydrogen (secondary N) is 1. The molecule has 1 saturated heterocycles. The molecule has 0 spiro atoms. The number of carbonyl (C=O) groups excluding carboxylic acids is 1. The molecule has 11 heteroatoms. The lowest BCUT2D eigenvalue weighted by Gasteiger charge is -2.37. The molecular weight excluding hydrogens is 434 g/mol. The average molecular weight is 456 g/mol. The zero-order chi connectivity index (χ0) is 21.2. The molecule has 0 bridgehead atoms. The number of carbonyl (C=O) groups is 1. The summed E-state index contributed by atoms with van der Waals surface area (Å²) in [5, 5.41) is 0.764. The van der Waals surface area contributed by atoms with Crippen molar-refractivity contribution in [3.8, 4) is 0 Å². The molecule has 1 amide bonds. The number of nitrogens with zero attached hydrogens (tertiary/aromatic N) is 3. The van der Waals surface area contributed by atoms with Gasteiger partial charge in [-0.05, 0) is 31.9 Å². The fourth-order valence-corrected chi connectivity index (χ4v) is 4.43. The van der Waals surface area contributed by atoms with Crippen molar-refractivity contribution in [2.45, 2.75) is 35.2 Å². The lowest BCUT2D eigenvalue weighted by Crippen LogP contribution is -2.48. The Bertz CT molecular complexity index is 1000. The molecule has 1 aromatic carbocycles. The van der Waals surface area contributed by atoms with Gasteiger partial charge in [0.2, 0.25) is 10.0 Å². The van der Waals surface area contributed by atoms with Crippen molar-refractivity contribution in [1.29, 1.82) is 0 Å². The van der Waals surface area contributed by atoms with Gasteiger partial charge in [0.05, 0.1) is 29.2 Å². The highest BCUT2D eigenvalue weighted by Crippen LogP contribution is 2.34. The zero-order valence-electron chi connectivity index (χ0n) is 16.1. The molecule has 29 heavy (non-hydrogen) atoms. The number of hydrogen-bond acceptors (Lipinski definition) is 8. The van der Waals surface area contributed by atoms with Crippen LogP contribution >= 0.6 is 23.4 Å². The number of halogens is 1. The van der Waals surface area contributed by atoms with Crippen LogP contribution in [-0.4, -0.2) is 49.2 Å². The molecule has 3 rings (SSSR count). The number of anilines is 1. The Labute approximate surface area is 179 Å². The topological polar surface area (TPSA) is 118 Å². The highest BCUT2D eigenvalue weighted by molar-refractivity contribution is 7.99. The van der Waals surface area contributed by atoms with Crippen molar-refractivity contribution in [1.82, 2.24) is 14.7 Å². The van der Waals surface area contributed by atoms with E-state index in [4.69, 9.17) is 17.3 Å². The van der Waals surface area contributed by atoms with Crippen LogP contribution in [0, 0.1) is 0 Å². The summed E-state index contributed by atoms with van der Waals surface area (Å²) >= 11 is 7.56. The zero-order valence-corrected chi connectivity index (χ0v) is 18.4. The molecule has 1 aromatic heterocycles. The Hall–Kier alpha value is -1.88. The minimum Gasteiger partial charge on any atom is -0.355 e. The van der Waals surface area contributed by atoms with Crippen molar-refractivity contribution in [2.75, 3.05) is 24.2 Å².